The van der Waals surface area contributed by atoms with Gasteiger partial charge in [0.2, 0.25) is 5.95 Å². The molecule has 6 nitrogen and oxygen atoms in total. The number of aromatic nitrogens is 2. The third-order valence-electron chi connectivity index (χ3n) is 3.31. The number of hydrogen-bond acceptors (Lipinski definition) is 5. The lowest BCUT2D eigenvalue weighted by molar-refractivity contribution is 0.0948. The molecular weight excluding hydrogens is 328 g/mol. The minimum absolute atomic E-state index is 0.213. The molecule has 0 radical (unpaired) electrons. The van der Waals surface area contributed by atoms with Crippen molar-refractivity contribution in [2.75, 3.05) is 19.0 Å². The molecule has 2 rings (SSSR count). The molecule has 0 fully saturated rings. The van der Waals surface area contributed by atoms with E-state index in [4.69, 9.17) is 16.3 Å². The van der Waals surface area contributed by atoms with Crippen molar-refractivity contribution >= 4 is 29.1 Å². The van der Waals surface area contributed by atoms with Gasteiger partial charge in [-0.15, -0.1) is 0 Å². The van der Waals surface area contributed by atoms with Crippen LogP contribution in [0.3, 0.4) is 0 Å². The SMILES string of the molecule is CCCCNC(=O)c1cc(C)nc(Nc2cc(Cl)ccc2OC)n1. The lowest BCUT2D eigenvalue weighted by atomic mass is 10.3. The molecule has 1 aromatic heterocycles. The van der Waals surface area contributed by atoms with Gasteiger partial charge in [-0.1, -0.05) is 24.9 Å². The number of aryl methyl sites for hydroxylation is 1. The first-order valence-corrected chi connectivity index (χ1v) is 8.15. The average molecular weight is 349 g/mol. The van der Waals surface area contributed by atoms with Crippen molar-refractivity contribution in [3.63, 3.8) is 0 Å². The van der Waals surface area contributed by atoms with Crippen LogP contribution in [-0.4, -0.2) is 29.5 Å². The van der Waals surface area contributed by atoms with E-state index in [1.807, 2.05) is 6.92 Å². The van der Waals surface area contributed by atoms with Crippen molar-refractivity contribution in [1.29, 1.82) is 0 Å². The largest absolute Gasteiger partial charge is 0.495 e. The quantitative estimate of drug-likeness (QED) is 0.746. The summed E-state index contributed by atoms with van der Waals surface area (Å²) in [6.07, 6.45) is 1.95. The first-order chi connectivity index (χ1) is 11.5. The van der Waals surface area contributed by atoms with E-state index in [0.29, 0.717) is 40.3 Å². The van der Waals surface area contributed by atoms with E-state index >= 15 is 0 Å². The zero-order valence-corrected chi connectivity index (χ0v) is 14.8. The van der Waals surface area contributed by atoms with Crippen molar-refractivity contribution in [2.24, 2.45) is 0 Å². The van der Waals surface area contributed by atoms with Crippen LogP contribution in [0, 0.1) is 6.92 Å². The Hall–Kier alpha value is -2.34. The third-order valence-corrected chi connectivity index (χ3v) is 3.55. The molecule has 0 unspecified atom stereocenters. The van der Waals surface area contributed by atoms with Gasteiger partial charge in [-0.05, 0) is 37.6 Å². The maximum Gasteiger partial charge on any atom is 0.270 e. The Morgan fingerprint density at radius 3 is 2.79 bits per heavy atom. The maximum absolute atomic E-state index is 12.2. The van der Waals surface area contributed by atoms with Gasteiger partial charge in [0.05, 0.1) is 12.8 Å². The fourth-order valence-electron chi connectivity index (χ4n) is 2.11. The molecule has 0 aliphatic rings. The van der Waals surface area contributed by atoms with E-state index in [-0.39, 0.29) is 5.91 Å². The molecule has 1 heterocycles. The molecule has 1 aromatic carbocycles. The van der Waals surface area contributed by atoms with Crippen molar-refractivity contribution in [3.05, 3.63) is 40.7 Å². The van der Waals surface area contributed by atoms with Gasteiger partial charge >= 0.3 is 0 Å². The Morgan fingerprint density at radius 2 is 2.08 bits per heavy atom. The van der Waals surface area contributed by atoms with Crippen LogP contribution >= 0.6 is 11.6 Å². The van der Waals surface area contributed by atoms with E-state index in [2.05, 4.69) is 27.5 Å². The van der Waals surface area contributed by atoms with Crippen molar-refractivity contribution in [1.82, 2.24) is 15.3 Å². The molecule has 24 heavy (non-hydrogen) atoms. The lowest BCUT2D eigenvalue weighted by Gasteiger charge is -2.12. The lowest BCUT2D eigenvalue weighted by Crippen LogP contribution is -2.25. The van der Waals surface area contributed by atoms with Crippen LogP contribution in [-0.2, 0) is 0 Å². The van der Waals surface area contributed by atoms with E-state index in [1.165, 1.54) is 0 Å². The number of ether oxygens (including phenoxy) is 1. The molecule has 2 N–H and O–H groups in total. The number of nitrogens with zero attached hydrogens (tertiary/aromatic N) is 2. The summed E-state index contributed by atoms with van der Waals surface area (Å²) in [6, 6.07) is 6.85. The molecular formula is C17H21ClN4O2. The standard InChI is InChI=1S/C17H21ClN4O2/c1-4-5-8-19-16(23)14-9-11(2)20-17(22-14)21-13-10-12(18)6-7-15(13)24-3/h6-7,9-10H,4-5,8H2,1-3H3,(H,19,23)(H,20,21,22). The van der Waals surface area contributed by atoms with E-state index < -0.39 is 0 Å². The maximum atomic E-state index is 12.2. The number of carbonyl (C=O) groups excluding carboxylic acids is 1. The number of halogens is 1. The topological polar surface area (TPSA) is 76.1 Å². The smallest absolute Gasteiger partial charge is 0.270 e. The highest BCUT2D eigenvalue weighted by Gasteiger charge is 2.12. The number of unbranched alkanes of at least 4 members (excludes halogenated alkanes) is 1. The van der Waals surface area contributed by atoms with Crippen LogP contribution in [0.4, 0.5) is 11.6 Å². The Balaban J connectivity index is 2.22. The minimum atomic E-state index is -0.213. The Labute approximate surface area is 146 Å². The van der Waals surface area contributed by atoms with Crippen LogP contribution in [0.15, 0.2) is 24.3 Å². The summed E-state index contributed by atoms with van der Waals surface area (Å²) in [5.41, 5.74) is 1.64. The van der Waals surface area contributed by atoms with Gasteiger partial charge < -0.3 is 15.4 Å². The highest BCUT2D eigenvalue weighted by molar-refractivity contribution is 6.31. The summed E-state index contributed by atoms with van der Waals surface area (Å²) in [4.78, 5) is 20.8. The number of carbonyl (C=O) groups is 1. The van der Waals surface area contributed by atoms with Crippen LogP contribution in [0.1, 0.15) is 35.9 Å². The second-order valence-electron chi connectivity index (χ2n) is 5.30. The van der Waals surface area contributed by atoms with Gasteiger partial charge in [-0.2, -0.15) is 0 Å². The summed E-state index contributed by atoms with van der Waals surface area (Å²) >= 11 is 6.02. The van der Waals surface area contributed by atoms with E-state index in [0.717, 1.165) is 12.8 Å². The monoisotopic (exact) mass is 348 g/mol. The van der Waals surface area contributed by atoms with Gasteiger partial charge in [0.15, 0.2) is 0 Å². The van der Waals surface area contributed by atoms with Crippen LogP contribution < -0.4 is 15.4 Å². The first-order valence-electron chi connectivity index (χ1n) is 7.78. The van der Waals surface area contributed by atoms with Crippen LogP contribution in [0.2, 0.25) is 5.02 Å². The molecule has 0 atom stereocenters. The molecule has 0 saturated carbocycles. The first kappa shape index (κ1) is 18.0. The zero-order chi connectivity index (χ0) is 17.5. The number of amides is 1. The van der Waals surface area contributed by atoms with Gasteiger partial charge in [0.1, 0.15) is 11.4 Å². The summed E-state index contributed by atoms with van der Waals surface area (Å²) in [6.45, 7) is 4.51. The number of methoxy groups -OCH3 is 1. The summed E-state index contributed by atoms with van der Waals surface area (Å²) in [5, 5.41) is 6.46. The minimum Gasteiger partial charge on any atom is -0.495 e. The number of anilines is 2. The van der Waals surface area contributed by atoms with Crippen LogP contribution in [0.5, 0.6) is 5.75 Å². The summed E-state index contributed by atoms with van der Waals surface area (Å²) in [5.74, 6) is 0.713. The average Bonchev–Trinajstić information content (AvgIpc) is 2.54. The summed E-state index contributed by atoms with van der Waals surface area (Å²) < 4.78 is 5.29. The predicted octanol–water partition coefficient (Wildman–Crippen LogP) is 3.72. The van der Waals surface area contributed by atoms with Gasteiger partial charge in [0, 0.05) is 17.3 Å². The highest BCUT2D eigenvalue weighted by Crippen LogP contribution is 2.29. The Kier molecular flexibility index (Phi) is 6.37. The fraction of sp³-hybridized carbons (Fsp3) is 0.353. The second-order valence-corrected chi connectivity index (χ2v) is 5.73. The molecule has 0 bridgehead atoms. The number of rotatable bonds is 7. The molecule has 7 heteroatoms. The van der Waals surface area contributed by atoms with Crippen molar-refractivity contribution in [3.8, 4) is 5.75 Å². The molecule has 0 saturated heterocycles. The number of benzene rings is 1. The van der Waals surface area contributed by atoms with Gasteiger partial charge in [0.25, 0.3) is 5.91 Å². The van der Waals surface area contributed by atoms with Crippen molar-refractivity contribution < 1.29 is 9.53 Å². The number of hydrogen-bond donors (Lipinski definition) is 2. The van der Waals surface area contributed by atoms with E-state index in [9.17, 15) is 4.79 Å². The molecule has 128 valence electrons. The normalized spacial score (nSPS) is 10.3. The molecule has 2 aromatic rings. The molecule has 0 aliphatic heterocycles. The number of nitrogens with one attached hydrogen (secondary N) is 2. The zero-order valence-electron chi connectivity index (χ0n) is 14.0. The molecule has 1 amide bonds. The van der Waals surface area contributed by atoms with E-state index in [1.54, 1.807) is 31.4 Å². The predicted molar refractivity (Wildman–Crippen MR) is 95.3 cm³/mol. The second kappa shape index (κ2) is 8.49. The van der Waals surface area contributed by atoms with Crippen LogP contribution in [0.25, 0.3) is 0 Å². The Bertz CT molecular complexity index is 722. The third kappa shape index (κ3) is 4.83. The van der Waals surface area contributed by atoms with Crippen molar-refractivity contribution in [2.45, 2.75) is 26.7 Å². The van der Waals surface area contributed by atoms with Gasteiger partial charge in [-0.25, -0.2) is 9.97 Å². The fourth-order valence-corrected chi connectivity index (χ4v) is 2.28. The highest BCUT2D eigenvalue weighted by atomic mass is 35.5. The molecule has 0 spiro atoms. The van der Waals surface area contributed by atoms with Gasteiger partial charge in [-0.3, -0.25) is 4.79 Å². The molecule has 0 aliphatic carbocycles. The Morgan fingerprint density at radius 1 is 1.29 bits per heavy atom. The summed E-state index contributed by atoms with van der Waals surface area (Å²) in [7, 11) is 1.57.